The van der Waals surface area contributed by atoms with Crippen molar-refractivity contribution >= 4 is 28.5 Å². The molecule has 15 heavy (non-hydrogen) atoms. The quantitative estimate of drug-likeness (QED) is 0.604. The van der Waals surface area contributed by atoms with Crippen molar-refractivity contribution in [3.05, 3.63) is 5.82 Å². The first kappa shape index (κ1) is 11.5. The van der Waals surface area contributed by atoms with E-state index >= 15 is 0 Å². The largest absolute Gasteiger partial charge is 0.346 e. The molecule has 2 amide bonds. The molecule has 0 fully saturated rings. The van der Waals surface area contributed by atoms with Gasteiger partial charge in [0.25, 0.3) is 0 Å². The summed E-state index contributed by atoms with van der Waals surface area (Å²) in [6.45, 7) is 1.47. The number of carbonyl (C=O) groups excluding carboxylic acids is 2. The van der Waals surface area contributed by atoms with Crippen LogP contribution in [-0.2, 0) is 9.59 Å². The molecular weight excluding hydrogens is 218 g/mol. The van der Waals surface area contributed by atoms with Gasteiger partial charge in [-0.25, -0.2) is 4.98 Å². The van der Waals surface area contributed by atoms with E-state index < -0.39 is 0 Å². The summed E-state index contributed by atoms with van der Waals surface area (Å²) in [6, 6.07) is 0. The summed E-state index contributed by atoms with van der Waals surface area (Å²) < 4.78 is 3.89. The average molecular weight is 229 g/mol. The Labute approximate surface area is 90.2 Å². The van der Waals surface area contributed by atoms with Gasteiger partial charge < -0.3 is 11.1 Å². The van der Waals surface area contributed by atoms with Crippen molar-refractivity contribution in [3.8, 4) is 0 Å². The molecule has 0 atom stereocenters. The lowest BCUT2D eigenvalue weighted by Crippen LogP contribution is -2.36. The van der Waals surface area contributed by atoms with Crippen LogP contribution in [0, 0.1) is 6.92 Å². The van der Waals surface area contributed by atoms with E-state index in [1.54, 1.807) is 6.92 Å². The van der Waals surface area contributed by atoms with Gasteiger partial charge in [0.2, 0.25) is 16.9 Å². The second-order valence-electron chi connectivity index (χ2n) is 2.68. The molecule has 0 aliphatic heterocycles. The van der Waals surface area contributed by atoms with Crippen LogP contribution in [0.15, 0.2) is 0 Å². The third kappa shape index (κ3) is 4.00. The summed E-state index contributed by atoms with van der Waals surface area (Å²) in [4.78, 5) is 25.9. The number of aromatic nitrogens is 2. The van der Waals surface area contributed by atoms with Gasteiger partial charge in [0, 0.05) is 11.5 Å². The van der Waals surface area contributed by atoms with Gasteiger partial charge in [-0.1, -0.05) is 0 Å². The minimum atomic E-state index is -0.376. The fourth-order valence-electron chi connectivity index (χ4n) is 0.762. The normalized spacial score (nSPS) is 9.73. The fraction of sp³-hybridized carbons (Fsp3) is 0.429. The molecule has 0 saturated heterocycles. The fourth-order valence-corrected chi connectivity index (χ4v) is 1.35. The van der Waals surface area contributed by atoms with Crippen molar-refractivity contribution in [2.24, 2.45) is 5.73 Å². The number of carbonyl (C=O) groups is 2. The van der Waals surface area contributed by atoms with Gasteiger partial charge in [-0.15, -0.1) is 0 Å². The number of aryl methyl sites for hydroxylation is 1. The summed E-state index contributed by atoms with van der Waals surface area (Å²) in [6.07, 6.45) is 0. The van der Waals surface area contributed by atoms with Crippen molar-refractivity contribution in [1.82, 2.24) is 14.7 Å². The Hall–Kier alpha value is -1.54. The van der Waals surface area contributed by atoms with Gasteiger partial charge in [-0.3, -0.25) is 14.9 Å². The predicted octanol–water partition coefficient (Wildman–Crippen LogP) is -1.14. The number of nitrogens with two attached hydrogens (primary N) is 1. The molecule has 1 heterocycles. The minimum Gasteiger partial charge on any atom is -0.346 e. The molecule has 0 bridgehead atoms. The van der Waals surface area contributed by atoms with Crippen LogP contribution in [0.2, 0.25) is 0 Å². The van der Waals surface area contributed by atoms with Crippen molar-refractivity contribution in [2.75, 3.05) is 18.4 Å². The zero-order chi connectivity index (χ0) is 11.3. The van der Waals surface area contributed by atoms with Gasteiger partial charge >= 0.3 is 0 Å². The summed E-state index contributed by atoms with van der Waals surface area (Å²) >= 11 is 1.09. The summed E-state index contributed by atoms with van der Waals surface area (Å²) in [7, 11) is 0. The molecular formula is C7H11N5O2S. The molecule has 0 aromatic carbocycles. The molecule has 1 aromatic heterocycles. The van der Waals surface area contributed by atoms with E-state index in [-0.39, 0.29) is 24.9 Å². The molecule has 0 aliphatic carbocycles. The number of hydrogen-bond acceptors (Lipinski definition) is 6. The highest BCUT2D eigenvalue weighted by atomic mass is 32.1. The second kappa shape index (κ2) is 5.37. The number of nitrogens with one attached hydrogen (secondary N) is 2. The lowest BCUT2D eigenvalue weighted by molar-refractivity contribution is -0.123. The topological polar surface area (TPSA) is 110 Å². The molecule has 0 aliphatic rings. The maximum atomic E-state index is 11.2. The van der Waals surface area contributed by atoms with E-state index in [2.05, 4.69) is 20.0 Å². The molecule has 1 rings (SSSR count). The third-order valence-corrected chi connectivity index (χ3v) is 2.13. The first-order chi connectivity index (χ1) is 7.11. The standard InChI is InChI=1S/C7H11N5O2S/c1-4-10-7(15-12-4)11-6(14)3-9-5(13)2-8/h2-3,8H2,1H3,(H,9,13)(H,10,11,12,14). The second-order valence-corrected chi connectivity index (χ2v) is 3.43. The molecule has 82 valence electrons. The molecule has 0 spiro atoms. The van der Waals surface area contributed by atoms with Gasteiger partial charge in [0.1, 0.15) is 5.82 Å². The lowest BCUT2D eigenvalue weighted by atomic mass is 10.5. The van der Waals surface area contributed by atoms with E-state index in [4.69, 9.17) is 5.73 Å². The average Bonchev–Trinajstić information content (AvgIpc) is 2.60. The Bertz CT molecular complexity index is 364. The third-order valence-electron chi connectivity index (χ3n) is 1.41. The van der Waals surface area contributed by atoms with Crippen molar-refractivity contribution in [3.63, 3.8) is 0 Å². The van der Waals surface area contributed by atoms with Crippen LogP contribution in [-0.4, -0.2) is 34.3 Å². The monoisotopic (exact) mass is 229 g/mol. The van der Waals surface area contributed by atoms with Crippen LogP contribution >= 0.6 is 11.5 Å². The zero-order valence-electron chi connectivity index (χ0n) is 8.11. The van der Waals surface area contributed by atoms with Gasteiger partial charge in [0.05, 0.1) is 13.1 Å². The highest BCUT2D eigenvalue weighted by Crippen LogP contribution is 2.09. The van der Waals surface area contributed by atoms with E-state index in [1.165, 1.54) is 0 Å². The number of rotatable bonds is 4. The van der Waals surface area contributed by atoms with Crippen LogP contribution < -0.4 is 16.4 Å². The SMILES string of the molecule is Cc1nsc(NC(=O)CNC(=O)CN)n1. The zero-order valence-corrected chi connectivity index (χ0v) is 8.93. The molecule has 0 saturated carbocycles. The highest BCUT2D eigenvalue weighted by Gasteiger charge is 2.06. The molecule has 1 aromatic rings. The molecule has 8 heteroatoms. The predicted molar refractivity (Wildman–Crippen MR) is 55.3 cm³/mol. The number of amides is 2. The molecule has 0 radical (unpaired) electrons. The van der Waals surface area contributed by atoms with Crippen LogP contribution in [0.3, 0.4) is 0 Å². The smallest absolute Gasteiger partial charge is 0.245 e. The van der Waals surface area contributed by atoms with Crippen LogP contribution in [0.25, 0.3) is 0 Å². The van der Waals surface area contributed by atoms with E-state index in [0.29, 0.717) is 11.0 Å². The molecule has 0 unspecified atom stereocenters. The minimum absolute atomic E-state index is 0.116. The van der Waals surface area contributed by atoms with Crippen molar-refractivity contribution < 1.29 is 9.59 Å². The Morgan fingerprint density at radius 2 is 2.20 bits per heavy atom. The van der Waals surface area contributed by atoms with E-state index in [1.807, 2.05) is 0 Å². The number of hydrogen-bond donors (Lipinski definition) is 3. The lowest BCUT2D eigenvalue weighted by Gasteiger charge is -2.02. The molecule has 4 N–H and O–H groups in total. The van der Waals surface area contributed by atoms with Gasteiger partial charge in [0.15, 0.2) is 0 Å². The van der Waals surface area contributed by atoms with Crippen molar-refractivity contribution in [1.29, 1.82) is 0 Å². The molecule has 7 nitrogen and oxygen atoms in total. The van der Waals surface area contributed by atoms with Crippen LogP contribution in [0.4, 0.5) is 5.13 Å². The summed E-state index contributed by atoms with van der Waals surface area (Å²) in [5.41, 5.74) is 5.05. The first-order valence-corrected chi connectivity index (χ1v) is 4.96. The Morgan fingerprint density at radius 1 is 1.47 bits per heavy atom. The van der Waals surface area contributed by atoms with Crippen LogP contribution in [0.1, 0.15) is 5.82 Å². The van der Waals surface area contributed by atoms with Gasteiger partial charge in [-0.2, -0.15) is 4.37 Å². The summed E-state index contributed by atoms with van der Waals surface area (Å²) in [5, 5.41) is 5.25. The number of anilines is 1. The highest BCUT2D eigenvalue weighted by molar-refractivity contribution is 7.09. The Balaban J connectivity index is 2.33. The maximum Gasteiger partial charge on any atom is 0.245 e. The number of nitrogens with zero attached hydrogens (tertiary/aromatic N) is 2. The Kier molecular flexibility index (Phi) is 4.13. The Morgan fingerprint density at radius 3 is 2.73 bits per heavy atom. The van der Waals surface area contributed by atoms with E-state index in [9.17, 15) is 9.59 Å². The van der Waals surface area contributed by atoms with Crippen LogP contribution in [0.5, 0.6) is 0 Å². The van der Waals surface area contributed by atoms with Gasteiger partial charge in [-0.05, 0) is 6.92 Å². The maximum absolute atomic E-state index is 11.2. The van der Waals surface area contributed by atoms with Crippen molar-refractivity contribution in [2.45, 2.75) is 6.92 Å². The van der Waals surface area contributed by atoms with E-state index in [0.717, 1.165) is 11.5 Å². The summed E-state index contributed by atoms with van der Waals surface area (Å²) in [5.74, 6) is -0.132. The first-order valence-electron chi connectivity index (χ1n) is 4.18.